The molecule has 0 aliphatic heterocycles. The second-order valence-corrected chi connectivity index (χ2v) is 9.42. The van der Waals surface area contributed by atoms with Crippen LogP contribution >= 0.6 is 0 Å². The van der Waals surface area contributed by atoms with E-state index in [4.69, 9.17) is 14.6 Å². The van der Waals surface area contributed by atoms with E-state index in [1.807, 2.05) is 84.9 Å². The number of unbranched alkanes of at least 4 members (excludes halogenated alkanes) is 1. The van der Waals surface area contributed by atoms with E-state index in [1.165, 1.54) is 0 Å². The number of para-hydroxylation sites is 2. The highest BCUT2D eigenvalue weighted by atomic mass is 16.5. The molecule has 4 rings (SSSR count). The number of ether oxygens (including phenoxy) is 2. The van der Waals surface area contributed by atoms with Crippen LogP contribution in [0.25, 0.3) is 23.1 Å². The van der Waals surface area contributed by atoms with E-state index >= 15 is 0 Å². The van der Waals surface area contributed by atoms with Crippen LogP contribution in [0.2, 0.25) is 0 Å². The number of nitrogens with zero attached hydrogens (tertiary/aromatic N) is 1. The van der Waals surface area contributed by atoms with Crippen molar-refractivity contribution in [1.82, 2.24) is 4.57 Å². The summed E-state index contributed by atoms with van der Waals surface area (Å²) in [6, 6.07) is 23.0. The van der Waals surface area contributed by atoms with Gasteiger partial charge < -0.3 is 29.4 Å². The third-order valence-electron chi connectivity index (χ3n) is 6.41. The maximum atomic E-state index is 11.5. The Morgan fingerprint density at radius 1 is 0.800 bits per heavy atom. The second-order valence-electron chi connectivity index (χ2n) is 9.42. The van der Waals surface area contributed by atoms with E-state index in [1.54, 1.807) is 10.8 Å². The number of benzene rings is 3. The molecule has 208 valence electrons. The zero-order chi connectivity index (χ0) is 28.3. The quantitative estimate of drug-likeness (QED) is 0.124. The molecule has 1 unspecified atom stereocenters. The van der Waals surface area contributed by atoms with Crippen molar-refractivity contribution in [2.45, 2.75) is 38.3 Å². The van der Waals surface area contributed by atoms with Crippen molar-refractivity contribution in [3.05, 3.63) is 95.7 Å². The molecule has 0 amide bonds. The molecule has 0 saturated carbocycles. The van der Waals surface area contributed by atoms with Gasteiger partial charge in [-0.25, -0.2) is 0 Å². The second kappa shape index (κ2) is 14.0. The van der Waals surface area contributed by atoms with Crippen LogP contribution in [-0.2, 0) is 16.1 Å². The molecule has 3 aromatic carbocycles. The van der Waals surface area contributed by atoms with Crippen LogP contribution in [0.3, 0.4) is 0 Å². The molecule has 0 radical (unpaired) electrons. The monoisotopic (exact) mass is 543 g/mol. The predicted molar refractivity (Wildman–Crippen MR) is 153 cm³/mol. The van der Waals surface area contributed by atoms with Gasteiger partial charge in [-0.15, -0.1) is 0 Å². The third-order valence-corrected chi connectivity index (χ3v) is 6.41. The maximum Gasteiger partial charge on any atom is 0.323 e. The Bertz CT molecular complexity index is 1440. The minimum absolute atomic E-state index is 0.0392. The summed E-state index contributed by atoms with van der Waals surface area (Å²) in [5.41, 5.74) is 2.91. The Kier molecular flexibility index (Phi) is 9.96. The first kappa shape index (κ1) is 28.4. The number of aromatic nitrogens is 1. The normalized spacial score (nSPS) is 12.0. The fraction of sp³-hybridized carbons (Fsp3) is 0.250. The number of rotatable bonds is 15. The Labute approximate surface area is 232 Å². The number of carboxylic acid groups (broad SMARTS) is 2. The summed E-state index contributed by atoms with van der Waals surface area (Å²) in [5, 5.41) is 29.7. The smallest absolute Gasteiger partial charge is 0.323 e. The largest absolute Gasteiger partial charge is 0.494 e. The highest BCUT2D eigenvalue weighted by Gasteiger charge is 2.19. The molecule has 4 aromatic rings. The van der Waals surface area contributed by atoms with Gasteiger partial charge in [0.25, 0.3) is 0 Å². The van der Waals surface area contributed by atoms with E-state index in [0.29, 0.717) is 29.7 Å². The van der Waals surface area contributed by atoms with Gasteiger partial charge in [0.1, 0.15) is 18.0 Å². The lowest BCUT2D eigenvalue weighted by molar-refractivity contribution is -0.138. The van der Waals surface area contributed by atoms with Gasteiger partial charge in [0, 0.05) is 23.6 Å². The van der Waals surface area contributed by atoms with Gasteiger partial charge in [-0.05, 0) is 54.7 Å². The first-order valence-corrected chi connectivity index (χ1v) is 13.2. The van der Waals surface area contributed by atoms with Crippen molar-refractivity contribution in [2.75, 3.05) is 13.2 Å². The van der Waals surface area contributed by atoms with Crippen LogP contribution in [0.5, 0.6) is 11.5 Å². The third kappa shape index (κ3) is 7.97. The molecular weight excluding hydrogens is 510 g/mol. The minimum Gasteiger partial charge on any atom is -0.494 e. The molecular formula is C32H33NO7. The lowest BCUT2D eigenvalue weighted by Crippen LogP contribution is -2.08. The van der Waals surface area contributed by atoms with Gasteiger partial charge in [0.05, 0.1) is 24.8 Å². The van der Waals surface area contributed by atoms with Crippen molar-refractivity contribution < 1.29 is 34.4 Å². The SMILES string of the molecule is O=C(O)CCC(O)c1cn(CC(=O)O)c2c(/C=C/c3ccc(OCCCCOc4ccccc4)cc3)cccc12. The average molecular weight is 544 g/mol. The van der Waals surface area contributed by atoms with Gasteiger partial charge in [-0.1, -0.05) is 60.7 Å². The predicted octanol–water partition coefficient (Wildman–Crippen LogP) is 6.03. The zero-order valence-corrected chi connectivity index (χ0v) is 22.1. The van der Waals surface area contributed by atoms with Gasteiger partial charge in [-0.3, -0.25) is 9.59 Å². The number of hydrogen-bond acceptors (Lipinski definition) is 5. The molecule has 0 aliphatic rings. The lowest BCUT2D eigenvalue weighted by Gasteiger charge is -2.08. The highest BCUT2D eigenvalue weighted by molar-refractivity contribution is 5.94. The topological polar surface area (TPSA) is 118 Å². The fourth-order valence-electron chi connectivity index (χ4n) is 4.47. The Hall–Kier alpha value is -4.56. The number of aliphatic carboxylic acids is 2. The first-order valence-electron chi connectivity index (χ1n) is 13.2. The standard InChI is InChI=1S/C32H33NO7/c34-29(17-18-30(35)36)28-21-33(22-31(37)38)32-24(7-6-10-27(28)32)14-11-23-12-15-26(16-13-23)40-20-5-4-19-39-25-8-2-1-3-9-25/h1-3,6-16,21,29,34H,4-5,17-20,22H2,(H,35,36)(H,37,38)/b14-11+. The van der Waals surface area contributed by atoms with Crippen molar-refractivity contribution in [1.29, 1.82) is 0 Å². The molecule has 1 atom stereocenters. The molecule has 0 spiro atoms. The molecule has 40 heavy (non-hydrogen) atoms. The van der Waals surface area contributed by atoms with E-state index in [-0.39, 0.29) is 19.4 Å². The van der Waals surface area contributed by atoms with Gasteiger partial charge in [0.15, 0.2) is 0 Å². The summed E-state index contributed by atoms with van der Waals surface area (Å²) >= 11 is 0. The van der Waals surface area contributed by atoms with Gasteiger partial charge in [-0.2, -0.15) is 0 Å². The molecule has 0 aliphatic carbocycles. The summed E-state index contributed by atoms with van der Waals surface area (Å²) < 4.78 is 13.1. The van der Waals surface area contributed by atoms with Crippen LogP contribution in [-0.4, -0.2) is 45.0 Å². The molecule has 0 fully saturated rings. The van der Waals surface area contributed by atoms with Gasteiger partial charge in [0.2, 0.25) is 0 Å². The molecule has 8 nitrogen and oxygen atoms in total. The highest BCUT2D eigenvalue weighted by Crippen LogP contribution is 2.32. The molecule has 0 saturated heterocycles. The lowest BCUT2D eigenvalue weighted by atomic mass is 10.0. The number of hydrogen-bond donors (Lipinski definition) is 3. The van der Waals surface area contributed by atoms with E-state index < -0.39 is 18.0 Å². The number of aliphatic hydroxyl groups excluding tert-OH is 1. The molecule has 0 bridgehead atoms. The summed E-state index contributed by atoms with van der Waals surface area (Å²) in [7, 11) is 0. The number of carboxylic acids is 2. The first-order chi connectivity index (χ1) is 19.4. The average Bonchev–Trinajstić information content (AvgIpc) is 3.32. The van der Waals surface area contributed by atoms with E-state index in [0.717, 1.165) is 35.5 Å². The molecule has 3 N–H and O–H groups in total. The summed E-state index contributed by atoms with van der Waals surface area (Å²) in [5.74, 6) is -0.367. The van der Waals surface area contributed by atoms with Crippen molar-refractivity contribution in [3.63, 3.8) is 0 Å². The minimum atomic E-state index is -1.02. The maximum absolute atomic E-state index is 11.5. The summed E-state index contributed by atoms with van der Waals surface area (Å²) in [6.45, 7) is 0.955. The van der Waals surface area contributed by atoms with E-state index in [2.05, 4.69) is 0 Å². The van der Waals surface area contributed by atoms with Crippen LogP contribution in [0.1, 0.15) is 48.5 Å². The summed E-state index contributed by atoms with van der Waals surface area (Å²) in [6.07, 6.45) is 6.03. The molecule has 1 heterocycles. The van der Waals surface area contributed by atoms with Crippen LogP contribution in [0, 0.1) is 0 Å². The Morgan fingerprint density at radius 3 is 2.12 bits per heavy atom. The Balaban J connectivity index is 1.38. The van der Waals surface area contributed by atoms with Crippen molar-refractivity contribution in [2.24, 2.45) is 0 Å². The van der Waals surface area contributed by atoms with Crippen LogP contribution in [0.15, 0.2) is 79.0 Å². The van der Waals surface area contributed by atoms with Crippen LogP contribution < -0.4 is 9.47 Å². The molecule has 1 aromatic heterocycles. The number of carbonyl (C=O) groups is 2. The van der Waals surface area contributed by atoms with Crippen molar-refractivity contribution in [3.8, 4) is 11.5 Å². The number of fused-ring (bicyclic) bond motifs is 1. The van der Waals surface area contributed by atoms with Crippen molar-refractivity contribution >= 4 is 35.0 Å². The van der Waals surface area contributed by atoms with E-state index in [9.17, 15) is 19.8 Å². The van der Waals surface area contributed by atoms with Crippen LogP contribution in [0.4, 0.5) is 0 Å². The Morgan fingerprint density at radius 2 is 1.48 bits per heavy atom. The van der Waals surface area contributed by atoms with Gasteiger partial charge >= 0.3 is 11.9 Å². The zero-order valence-electron chi connectivity index (χ0n) is 22.1. The number of aliphatic hydroxyl groups is 1. The fourth-order valence-corrected chi connectivity index (χ4v) is 4.47. The summed E-state index contributed by atoms with van der Waals surface area (Å²) in [4.78, 5) is 22.5. The molecule has 8 heteroatoms.